The molecule has 4 rings (SSSR count). The number of benzene rings is 2. The highest BCUT2D eigenvalue weighted by Gasteiger charge is 2.31. The summed E-state index contributed by atoms with van der Waals surface area (Å²) in [5, 5.41) is 5.47. The molecule has 0 bridgehead atoms. The molecule has 0 saturated heterocycles. The fraction of sp³-hybridized carbons (Fsp3) is 0.179. The maximum atomic E-state index is 13.5. The van der Waals surface area contributed by atoms with Gasteiger partial charge in [-0.3, -0.25) is 14.4 Å². The molecule has 36 heavy (non-hydrogen) atoms. The number of carbonyl (C=O) groups is 3. The lowest BCUT2D eigenvalue weighted by atomic mass is 10.0. The fourth-order valence-electron chi connectivity index (χ4n) is 3.84. The van der Waals surface area contributed by atoms with Crippen molar-refractivity contribution in [3.63, 3.8) is 0 Å². The van der Waals surface area contributed by atoms with Crippen molar-refractivity contribution in [2.75, 3.05) is 13.1 Å². The lowest BCUT2D eigenvalue weighted by Crippen LogP contribution is -2.48. The van der Waals surface area contributed by atoms with Gasteiger partial charge in [-0.25, -0.2) is 0 Å². The molecule has 1 unspecified atom stereocenters. The number of furan rings is 2. The third-order valence-electron chi connectivity index (χ3n) is 5.64. The second-order valence-electron chi connectivity index (χ2n) is 8.09. The van der Waals surface area contributed by atoms with Crippen molar-refractivity contribution in [3.8, 4) is 0 Å². The molecule has 8 heteroatoms. The van der Waals surface area contributed by atoms with E-state index in [1.807, 2.05) is 48.5 Å². The Hall–Kier alpha value is -4.59. The first-order chi connectivity index (χ1) is 17.6. The molecule has 2 aromatic carbocycles. The molecule has 2 heterocycles. The summed E-state index contributed by atoms with van der Waals surface area (Å²) in [6.45, 7) is 0.168. The van der Waals surface area contributed by atoms with Gasteiger partial charge in [0.25, 0.3) is 5.91 Å². The van der Waals surface area contributed by atoms with Gasteiger partial charge in [0.2, 0.25) is 11.8 Å². The summed E-state index contributed by atoms with van der Waals surface area (Å²) in [5.41, 5.74) is 1.69. The Labute approximate surface area is 208 Å². The SMILES string of the molecule is O=C(NCC(=O)N(CCc1ccccc1)C(C(=O)NCc1ccco1)c1ccccc1)c1ccco1. The summed E-state index contributed by atoms with van der Waals surface area (Å²) in [7, 11) is 0. The lowest BCUT2D eigenvalue weighted by Gasteiger charge is -2.31. The highest BCUT2D eigenvalue weighted by molar-refractivity contribution is 5.95. The molecule has 0 spiro atoms. The molecule has 8 nitrogen and oxygen atoms in total. The molecule has 184 valence electrons. The second-order valence-corrected chi connectivity index (χ2v) is 8.09. The molecule has 0 fully saturated rings. The average molecular weight is 486 g/mol. The summed E-state index contributed by atoms with van der Waals surface area (Å²) in [6.07, 6.45) is 3.46. The Morgan fingerprint density at radius 1 is 0.778 bits per heavy atom. The maximum Gasteiger partial charge on any atom is 0.287 e. The highest BCUT2D eigenvalue weighted by Crippen LogP contribution is 2.22. The van der Waals surface area contributed by atoms with E-state index in [0.717, 1.165) is 5.56 Å². The molecule has 0 aliphatic carbocycles. The zero-order valence-corrected chi connectivity index (χ0v) is 19.6. The van der Waals surface area contributed by atoms with E-state index in [1.54, 1.807) is 30.3 Å². The summed E-state index contributed by atoms with van der Waals surface area (Å²) in [5.74, 6) is -0.545. The second kappa shape index (κ2) is 12.2. The zero-order chi connectivity index (χ0) is 25.2. The highest BCUT2D eigenvalue weighted by atomic mass is 16.3. The van der Waals surface area contributed by atoms with Gasteiger partial charge >= 0.3 is 0 Å². The maximum absolute atomic E-state index is 13.5. The van der Waals surface area contributed by atoms with Crippen LogP contribution >= 0.6 is 0 Å². The van der Waals surface area contributed by atoms with Crippen LogP contribution in [0.5, 0.6) is 0 Å². The van der Waals surface area contributed by atoms with Gasteiger partial charge in [-0.05, 0) is 41.8 Å². The Morgan fingerprint density at radius 2 is 1.47 bits per heavy atom. The monoisotopic (exact) mass is 485 g/mol. The van der Waals surface area contributed by atoms with Crippen LogP contribution in [-0.4, -0.2) is 35.7 Å². The Morgan fingerprint density at radius 3 is 2.14 bits per heavy atom. The molecule has 2 N–H and O–H groups in total. The normalized spacial score (nSPS) is 11.4. The summed E-state index contributed by atoms with van der Waals surface area (Å²) in [6, 6.07) is 24.5. The van der Waals surface area contributed by atoms with E-state index in [9.17, 15) is 14.4 Å². The van der Waals surface area contributed by atoms with Crippen molar-refractivity contribution >= 4 is 17.7 Å². The minimum absolute atomic E-state index is 0.106. The third kappa shape index (κ3) is 6.50. The molecule has 3 amide bonds. The van der Waals surface area contributed by atoms with Crippen LogP contribution in [-0.2, 0) is 22.6 Å². The van der Waals surface area contributed by atoms with E-state index in [2.05, 4.69) is 10.6 Å². The van der Waals surface area contributed by atoms with Crippen molar-refractivity contribution in [3.05, 3.63) is 120 Å². The van der Waals surface area contributed by atoms with E-state index in [1.165, 1.54) is 23.5 Å². The van der Waals surface area contributed by atoms with Gasteiger partial charge in [0.1, 0.15) is 11.8 Å². The molecule has 0 radical (unpaired) electrons. The van der Waals surface area contributed by atoms with Crippen molar-refractivity contribution < 1.29 is 23.2 Å². The predicted octanol–water partition coefficient (Wildman–Crippen LogP) is 3.73. The van der Waals surface area contributed by atoms with Crippen LogP contribution in [0.3, 0.4) is 0 Å². The van der Waals surface area contributed by atoms with Crippen LogP contribution in [0.1, 0.15) is 33.5 Å². The van der Waals surface area contributed by atoms with Crippen LogP contribution < -0.4 is 10.6 Å². The van der Waals surface area contributed by atoms with Gasteiger partial charge in [-0.2, -0.15) is 0 Å². The Balaban J connectivity index is 1.57. The van der Waals surface area contributed by atoms with Gasteiger partial charge in [0, 0.05) is 6.54 Å². The molecule has 0 aliphatic heterocycles. The first kappa shape index (κ1) is 24.5. The fourth-order valence-corrected chi connectivity index (χ4v) is 3.84. The van der Waals surface area contributed by atoms with Crippen LogP contribution in [0.15, 0.2) is 106 Å². The van der Waals surface area contributed by atoms with Crippen LogP contribution in [0.2, 0.25) is 0 Å². The van der Waals surface area contributed by atoms with Crippen molar-refractivity contribution in [2.24, 2.45) is 0 Å². The summed E-state index contributed by atoms with van der Waals surface area (Å²) in [4.78, 5) is 40.8. The van der Waals surface area contributed by atoms with Crippen molar-refractivity contribution in [1.82, 2.24) is 15.5 Å². The molecule has 2 aromatic heterocycles. The van der Waals surface area contributed by atoms with E-state index in [4.69, 9.17) is 8.83 Å². The number of carbonyl (C=O) groups excluding carboxylic acids is 3. The van der Waals surface area contributed by atoms with Crippen molar-refractivity contribution in [2.45, 2.75) is 19.0 Å². The lowest BCUT2D eigenvalue weighted by molar-refractivity contribution is -0.140. The van der Waals surface area contributed by atoms with Gasteiger partial charge < -0.3 is 24.4 Å². The first-order valence-electron chi connectivity index (χ1n) is 11.6. The van der Waals surface area contributed by atoms with Gasteiger partial charge in [0.15, 0.2) is 5.76 Å². The Kier molecular flexibility index (Phi) is 8.32. The molecule has 1 atom stereocenters. The largest absolute Gasteiger partial charge is 0.467 e. The van der Waals surface area contributed by atoms with E-state index < -0.39 is 17.9 Å². The van der Waals surface area contributed by atoms with Crippen LogP contribution in [0, 0.1) is 0 Å². The number of hydrogen-bond donors (Lipinski definition) is 2. The molecule has 4 aromatic rings. The number of rotatable bonds is 11. The van der Waals surface area contributed by atoms with Gasteiger partial charge in [-0.15, -0.1) is 0 Å². The van der Waals surface area contributed by atoms with Gasteiger partial charge in [0.05, 0.1) is 25.6 Å². The van der Waals surface area contributed by atoms with E-state index in [-0.39, 0.29) is 31.3 Å². The minimum Gasteiger partial charge on any atom is -0.467 e. The number of nitrogens with one attached hydrogen (secondary N) is 2. The van der Waals surface area contributed by atoms with Crippen LogP contribution in [0.4, 0.5) is 0 Å². The minimum atomic E-state index is -0.905. The summed E-state index contributed by atoms with van der Waals surface area (Å²) >= 11 is 0. The topological polar surface area (TPSA) is 105 Å². The number of nitrogens with zero attached hydrogens (tertiary/aromatic N) is 1. The standard InChI is InChI=1S/C28H27N3O5/c32-25(20-30-27(33)24-14-8-18-36-24)31(16-15-21-9-3-1-4-10-21)26(22-11-5-2-6-12-22)28(34)29-19-23-13-7-17-35-23/h1-14,17-18,26H,15-16,19-20H2,(H,29,34)(H,30,33). The van der Waals surface area contributed by atoms with E-state index in [0.29, 0.717) is 17.7 Å². The Bertz CT molecular complexity index is 1240. The predicted molar refractivity (Wildman–Crippen MR) is 133 cm³/mol. The zero-order valence-electron chi connectivity index (χ0n) is 19.6. The number of amides is 3. The first-order valence-corrected chi connectivity index (χ1v) is 11.6. The molecular weight excluding hydrogens is 458 g/mol. The molecule has 0 saturated carbocycles. The van der Waals surface area contributed by atoms with Crippen molar-refractivity contribution in [1.29, 1.82) is 0 Å². The molecule has 0 aliphatic rings. The quantitative estimate of drug-likeness (QED) is 0.337. The average Bonchev–Trinajstić information content (AvgIpc) is 3.64. The number of hydrogen-bond acceptors (Lipinski definition) is 5. The summed E-state index contributed by atoms with van der Waals surface area (Å²) < 4.78 is 10.4. The van der Waals surface area contributed by atoms with Gasteiger partial charge in [-0.1, -0.05) is 60.7 Å². The van der Waals surface area contributed by atoms with Crippen LogP contribution in [0.25, 0.3) is 0 Å². The smallest absolute Gasteiger partial charge is 0.287 e. The third-order valence-corrected chi connectivity index (χ3v) is 5.64. The van der Waals surface area contributed by atoms with E-state index >= 15 is 0 Å². The molecular formula is C28H27N3O5.